The topological polar surface area (TPSA) is 108 Å². The number of β-lactam (4-membered cyclic amide) rings is 1. The third kappa shape index (κ3) is 10.8. The average molecular weight is 698 g/mol. The zero-order valence-corrected chi connectivity index (χ0v) is 27.9. The first kappa shape index (κ1) is 38.4. The fourth-order valence-corrected chi connectivity index (χ4v) is 5.34. The number of hydrogen-bond donors (Lipinski definition) is 0. The van der Waals surface area contributed by atoms with Gasteiger partial charge in [0.15, 0.2) is 6.29 Å². The van der Waals surface area contributed by atoms with E-state index in [0.29, 0.717) is 37.3 Å². The number of aryl methyl sites for hydroxylation is 1. The molecule has 1 aliphatic heterocycles. The Morgan fingerprint density at radius 2 is 1.50 bits per heavy atom. The van der Waals surface area contributed by atoms with Crippen LogP contribution in [-0.4, -0.2) is 45.3 Å². The lowest BCUT2D eigenvalue weighted by Crippen LogP contribution is -2.46. The summed E-state index contributed by atoms with van der Waals surface area (Å²) in [6.07, 6.45) is 1.82. The number of esters is 1. The molecule has 3 aromatic carbocycles. The zero-order valence-electron chi connectivity index (χ0n) is 27.0. The average Bonchev–Trinajstić information content (AvgIpc) is 3.02. The van der Waals surface area contributed by atoms with Gasteiger partial charge in [0.1, 0.15) is 17.7 Å². The number of alkyl halides is 3. The number of benzene rings is 3. The van der Waals surface area contributed by atoms with E-state index < -0.39 is 21.4 Å². The predicted octanol–water partition coefficient (Wildman–Crippen LogP) is 7.56. The number of amides is 1. The molecule has 0 spiro atoms. The predicted molar refractivity (Wildman–Crippen MR) is 170 cm³/mol. The van der Waals surface area contributed by atoms with E-state index in [4.69, 9.17) is 14.2 Å². The maximum Gasteiger partial charge on any atom is 0.534 e. The van der Waals surface area contributed by atoms with Gasteiger partial charge in [-0.05, 0) is 79.8 Å². The van der Waals surface area contributed by atoms with Crippen LogP contribution in [0.5, 0.6) is 5.75 Å². The van der Waals surface area contributed by atoms with Crippen LogP contribution in [0.15, 0.2) is 72.8 Å². The Kier molecular flexibility index (Phi) is 13.9. The first-order valence-corrected chi connectivity index (χ1v) is 16.8. The smallest absolute Gasteiger partial charge is 0.458 e. The fraction of sp³-hybridized carbons (Fsp3) is 0.412. The van der Waals surface area contributed by atoms with Gasteiger partial charge in [0.2, 0.25) is 5.91 Å². The van der Waals surface area contributed by atoms with Crippen LogP contribution in [0, 0.1) is 5.82 Å². The monoisotopic (exact) mass is 697 g/mol. The van der Waals surface area contributed by atoms with Gasteiger partial charge in [-0.25, -0.2) is 4.39 Å². The number of anilines is 1. The molecule has 14 heteroatoms. The molecule has 262 valence electrons. The van der Waals surface area contributed by atoms with Crippen molar-refractivity contribution < 1.29 is 54.0 Å². The Bertz CT molecular complexity index is 1580. The summed E-state index contributed by atoms with van der Waals surface area (Å²) in [6, 6.07) is 18.4. The number of halogens is 4. The van der Waals surface area contributed by atoms with Crippen LogP contribution >= 0.6 is 0 Å². The minimum absolute atomic E-state index is 0.0921. The molecule has 0 radical (unpaired) electrons. The summed E-state index contributed by atoms with van der Waals surface area (Å²) in [5.41, 5.74) is -2.29. The summed E-state index contributed by atoms with van der Waals surface area (Å²) < 4.78 is 92.7. The van der Waals surface area contributed by atoms with Crippen molar-refractivity contribution in [1.82, 2.24) is 0 Å². The van der Waals surface area contributed by atoms with E-state index in [1.807, 2.05) is 45.0 Å². The summed E-state index contributed by atoms with van der Waals surface area (Å²) in [5, 5.41) is 0. The zero-order chi connectivity index (χ0) is 35.5. The molecule has 1 heterocycles. The molecule has 0 N–H and O–H groups in total. The van der Waals surface area contributed by atoms with Gasteiger partial charge >= 0.3 is 21.6 Å². The van der Waals surface area contributed by atoms with Gasteiger partial charge in [0.25, 0.3) is 0 Å². The van der Waals surface area contributed by atoms with Crippen molar-refractivity contribution in [3.63, 3.8) is 0 Å². The van der Waals surface area contributed by atoms with E-state index in [2.05, 4.69) is 4.18 Å². The van der Waals surface area contributed by atoms with Crippen molar-refractivity contribution in [2.24, 2.45) is 0 Å². The van der Waals surface area contributed by atoms with Gasteiger partial charge in [0, 0.05) is 32.2 Å². The van der Waals surface area contributed by atoms with Crippen molar-refractivity contribution in [3.8, 4) is 5.75 Å². The van der Waals surface area contributed by atoms with Crippen LogP contribution < -0.4 is 9.08 Å². The number of ether oxygens (including phenoxy) is 3. The van der Waals surface area contributed by atoms with E-state index in [1.54, 1.807) is 17.0 Å². The Morgan fingerprint density at radius 1 is 0.917 bits per heavy atom. The van der Waals surface area contributed by atoms with E-state index >= 15 is 0 Å². The number of carbonyl (C=O) groups is 2. The standard InChI is InChI=1S/C23H26F3NO6S.C11H13FO2/c1-3-31-22(32-4-2)14-7-16-5-10-18(11-6-16)27-20(15-21(27)28)17-8-12-19(13-9-17)33-34(29,30)23(24,25)26;1-3-11(14-8(2)13)9-4-6-10(12)7-5-9/h5-6,8-13,20,22H,3-4,7,14-15H2,1-2H3;4-7,11H,3H2,1-2H3. The first-order valence-electron chi connectivity index (χ1n) is 15.4. The quantitative estimate of drug-likeness (QED) is 0.0424. The molecule has 1 fully saturated rings. The van der Waals surface area contributed by atoms with Crippen molar-refractivity contribution in [3.05, 3.63) is 95.3 Å². The molecule has 1 amide bonds. The highest BCUT2D eigenvalue weighted by Crippen LogP contribution is 2.39. The second-order valence-corrected chi connectivity index (χ2v) is 12.2. The molecule has 0 aliphatic carbocycles. The summed E-state index contributed by atoms with van der Waals surface area (Å²) in [5.74, 6) is -1.15. The van der Waals surface area contributed by atoms with Crippen LogP contribution in [0.1, 0.15) is 75.8 Å². The number of nitrogens with zero attached hydrogens (tertiary/aromatic N) is 1. The highest BCUT2D eigenvalue weighted by atomic mass is 32.2. The number of hydrogen-bond acceptors (Lipinski definition) is 8. The van der Waals surface area contributed by atoms with Crippen LogP contribution in [0.3, 0.4) is 0 Å². The molecule has 9 nitrogen and oxygen atoms in total. The first-order chi connectivity index (χ1) is 22.7. The fourth-order valence-electron chi connectivity index (χ4n) is 4.89. The molecular weight excluding hydrogens is 658 g/mol. The molecule has 2 atom stereocenters. The third-order valence-corrected chi connectivity index (χ3v) is 8.19. The van der Waals surface area contributed by atoms with Gasteiger partial charge < -0.3 is 23.3 Å². The molecule has 48 heavy (non-hydrogen) atoms. The van der Waals surface area contributed by atoms with Gasteiger partial charge in [-0.2, -0.15) is 21.6 Å². The minimum Gasteiger partial charge on any atom is -0.458 e. The third-order valence-electron chi connectivity index (χ3n) is 7.21. The minimum atomic E-state index is -5.74. The Morgan fingerprint density at radius 3 is 1.98 bits per heavy atom. The number of rotatable bonds is 14. The van der Waals surface area contributed by atoms with Gasteiger partial charge in [-0.1, -0.05) is 43.3 Å². The summed E-state index contributed by atoms with van der Waals surface area (Å²) in [4.78, 5) is 24.6. The van der Waals surface area contributed by atoms with Crippen LogP contribution in [0.4, 0.5) is 23.2 Å². The maximum atomic E-state index is 12.6. The van der Waals surface area contributed by atoms with Crippen LogP contribution in [0.25, 0.3) is 0 Å². The van der Waals surface area contributed by atoms with Gasteiger partial charge in [-0.3, -0.25) is 9.59 Å². The van der Waals surface area contributed by atoms with Crippen molar-refractivity contribution in [2.75, 3.05) is 18.1 Å². The highest BCUT2D eigenvalue weighted by Gasteiger charge is 2.48. The molecule has 0 bridgehead atoms. The van der Waals surface area contributed by atoms with Crippen molar-refractivity contribution >= 4 is 27.7 Å². The van der Waals surface area contributed by atoms with Crippen molar-refractivity contribution in [1.29, 1.82) is 0 Å². The second-order valence-electron chi connectivity index (χ2n) is 10.6. The normalized spacial score (nSPS) is 15.3. The van der Waals surface area contributed by atoms with Crippen molar-refractivity contribution in [2.45, 2.75) is 77.3 Å². The van der Waals surface area contributed by atoms with E-state index in [9.17, 15) is 35.6 Å². The van der Waals surface area contributed by atoms with E-state index in [-0.39, 0.29) is 42.6 Å². The van der Waals surface area contributed by atoms with E-state index in [1.165, 1.54) is 31.2 Å². The molecule has 0 saturated carbocycles. The number of carbonyl (C=O) groups excluding carboxylic acids is 2. The summed E-state index contributed by atoms with van der Waals surface area (Å²) in [7, 11) is -5.74. The van der Waals surface area contributed by atoms with Crippen LogP contribution in [0.2, 0.25) is 0 Å². The Balaban J connectivity index is 0.000000373. The Hall–Kier alpha value is -4.01. The Labute approximate surface area is 277 Å². The molecule has 3 aromatic rings. The highest BCUT2D eigenvalue weighted by molar-refractivity contribution is 7.88. The van der Waals surface area contributed by atoms with Crippen LogP contribution in [-0.2, 0) is 40.3 Å². The summed E-state index contributed by atoms with van der Waals surface area (Å²) in [6.45, 7) is 8.22. The SMILES string of the molecule is CCC(OC(C)=O)c1ccc(F)cc1.CCOC(CCc1ccc(N2C(=O)CC2c2ccc(OS(=O)(=O)C(F)(F)F)cc2)cc1)OCC. The molecule has 2 unspecified atom stereocenters. The lowest BCUT2D eigenvalue weighted by Gasteiger charge is -2.41. The molecule has 1 aliphatic rings. The molecule has 0 aromatic heterocycles. The second kappa shape index (κ2) is 17.4. The lowest BCUT2D eigenvalue weighted by atomic mass is 9.92. The van der Waals surface area contributed by atoms with Gasteiger partial charge in [-0.15, -0.1) is 0 Å². The molecule has 1 saturated heterocycles. The lowest BCUT2D eigenvalue weighted by molar-refractivity contribution is -0.146. The van der Waals surface area contributed by atoms with Gasteiger partial charge in [0.05, 0.1) is 12.5 Å². The van der Waals surface area contributed by atoms with E-state index in [0.717, 1.165) is 29.7 Å². The molecular formula is C34H39F4NO8S. The largest absolute Gasteiger partial charge is 0.534 e. The molecule has 4 rings (SSSR count). The maximum absolute atomic E-state index is 12.6. The summed E-state index contributed by atoms with van der Waals surface area (Å²) >= 11 is 0.